The maximum atomic E-state index is 13.9. The van der Waals surface area contributed by atoms with Gasteiger partial charge in [-0.3, -0.25) is 0 Å². The Labute approximate surface area is 122 Å². The lowest BCUT2D eigenvalue weighted by molar-refractivity contribution is 0.0916. The summed E-state index contributed by atoms with van der Waals surface area (Å²) in [5.74, 6) is 0.322. The molecule has 1 aromatic carbocycles. The van der Waals surface area contributed by atoms with Crippen LogP contribution in [-0.4, -0.2) is 12.3 Å². The lowest BCUT2D eigenvalue weighted by Crippen LogP contribution is -2.12. The van der Waals surface area contributed by atoms with Crippen molar-refractivity contribution >= 4 is 21.6 Å². The van der Waals surface area contributed by atoms with Crippen LogP contribution in [0.25, 0.3) is 0 Å². The molecular formula is C15H19BrFNO. The molecule has 0 unspecified atom stereocenters. The summed E-state index contributed by atoms with van der Waals surface area (Å²) in [6.45, 7) is 2.42. The molecule has 1 fully saturated rings. The molecule has 4 heteroatoms. The number of hydrogen-bond acceptors (Lipinski definition) is 2. The summed E-state index contributed by atoms with van der Waals surface area (Å²) >= 11 is 3.17. The Hall–Kier alpha value is -0.900. The molecule has 0 aromatic heterocycles. The smallest absolute Gasteiger partial charge is 0.146 e. The molecule has 0 aliphatic heterocycles. The fraction of sp³-hybridized carbons (Fsp3) is 0.533. The van der Waals surface area contributed by atoms with Gasteiger partial charge in [0.1, 0.15) is 12.4 Å². The first-order chi connectivity index (χ1) is 9.18. The maximum absolute atomic E-state index is 13.9. The Balaban J connectivity index is 1.93. The molecular weight excluding hydrogens is 309 g/mol. The predicted octanol–water partition coefficient (Wildman–Crippen LogP) is 4.91. The molecule has 0 heterocycles. The molecule has 0 N–H and O–H groups in total. The molecule has 1 aromatic rings. The Bertz CT molecular complexity index is 455. The summed E-state index contributed by atoms with van der Waals surface area (Å²) in [5.41, 5.74) is 1.06. The third-order valence-corrected chi connectivity index (χ3v) is 4.19. The Morgan fingerprint density at radius 1 is 1.37 bits per heavy atom. The van der Waals surface area contributed by atoms with Gasteiger partial charge < -0.3 is 4.84 Å². The van der Waals surface area contributed by atoms with E-state index in [1.807, 2.05) is 0 Å². The monoisotopic (exact) mass is 327 g/mol. The maximum Gasteiger partial charge on any atom is 0.146 e. The zero-order valence-electron chi connectivity index (χ0n) is 11.2. The van der Waals surface area contributed by atoms with Crippen molar-refractivity contribution in [3.05, 3.63) is 34.1 Å². The van der Waals surface area contributed by atoms with E-state index in [-0.39, 0.29) is 5.82 Å². The van der Waals surface area contributed by atoms with Crippen LogP contribution in [0.2, 0.25) is 0 Å². The van der Waals surface area contributed by atoms with Crippen molar-refractivity contribution in [2.75, 3.05) is 6.61 Å². The summed E-state index contributed by atoms with van der Waals surface area (Å²) in [6.07, 6.45) is 6.36. The van der Waals surface area contributed by atoms with Gasteiger partial charge in [-0.25, -0.2) is 4.39 Å². The quantitative estimate of drug-likeness (QED) is 0.568. The molecule has 1 aliphatic carbocycles. The molecule has 0 atom stereocenters. The molecule has 2 rings (SSSR count). The second-order valence-electron chi connectivity index (χ2n) is 5.08. The van der Waals surface area contributed by atoms with Gasteiger partial charge in [0.25, 0.3) is 0 Å². The van der Waals surface area contributed by atoms with Gasteiger partial charge in [0, 0.05) is 5.56 Å². The van der Waals surface area contributed by atoms with E-state index in [4.69, 9.17) is 4.84 Å². The van der Waals surface area contributed by atoms with Crippen molar-refractivity contribution in [2.24, 2.45) is 11.1 Å². The van der Waals surface area contributed by atoms with E-state index in [2.05, 4.69) is 21.1 Å². The first kappa shape index (κ1) is 14.5. The predicted molar refractivity (Wildman–Crippen MR) is 78.8 cm³/mol. The summed E-state index contributed by atoms with van der Waals surface area (Å²) in [7, 11) is 0. The highest BCUT2D eigenvalue weighted by Crippen LogP contribution is 2.24. The van der Waals surface area contributed by atoms with E-state index in [0.29, 0.717) is 28.3 Å². The highest BCUT2D eigenvalue weighted by atomic mass is 79.9. The van der Waals surface area contributed by atoms with Crippen molar-refractivity contribution in [3.63, 3.8) is 0 Å². The minimum Gasteiger partial charge on any atom is -0.395 e. The van der Waals surface area contributed by atoms with E-state index in [0.717, 1.165) is 0 Å². The zero-order chi connectivity index (χ0) is 13.7. The van der Waals surface area contributed by atoms with Crippen LogP contribution in [0.1, 0.15) is 44.6 Å². The first-order valence-corrected chi connectivity index (χ1v) is 7.58. The highest BCUT2D eigenvalue weighted by molar-refractivity contribution is 9.10. The van der Waals surface area contributed by atoms with E-state index in [1.54, 1.807) is 25.1 Å². The van der Waals surface area contributed by atoms with E-state index >= 15 is 0 Å². The van der Waals surface area contributed by atoms with Crippen molar-refractivity contribution < 1.29 is 9.23 Å². The van der Waals surface area contributed by atoms with E-state index in [1.165, 1.54) is 32.1 Å². The highest BCUT2D eigenvalue weighted by Gasteiger charge is 2.14. The van der Waals surface area contributed by atoms with Crippen molar-refractivity contribution in [1.82, 2.24) is 0 Å². The standard InChI is InChI=1S/C15H19BrFNO/c1-11(13-8-5-9-14(16)15(13)17)18-19-10-12-6-3-2-4-7-12/h5,8-9,12H,2-4,6-7,10H2,1H3/b18-11-. The topological polar surface area (TPSA) is 21.6 Å². The molecule has 1 aliphatic rings. The SMILES string of the molecule is C/C(=N/OCC1CCCCC1)c1cccc(Br)c1F. The average molecular weight is 328 g/mol. The second kappa shape index (κ2) is 7.04. The van der Waals surface area contributed by atoms with Gasteiger partial charge in [-0.05, 0) is 47.7 Å². The van der Waals surface area contributed by atoms with Crippen LogP contribution >= 0.6 is 15.9 Å². The number of oxime groups is 1. The second-order valence-corrected chi connectivity index (χ2v) is 5.93. The zero-order valence-corrected chi connectivity index (χ0v) is 12.7. The van der Waals surface area contributed by atoms with Crippen LogP contribution in [0, 0.1) is 11.7 Å². The molecule has 0 spiro atoms. The van der Waals surface area contributed by atoms with Crippen LogP contribution in [0.3, 0.4) is 0 Å². The van der Waals surface area contributed by atoms with E-state index in [9.17, 15) is 4.39 Å². The fourth-order valence-electron chi connectivity index (χ4n) is 2.43. The van der Waals surface area contributed by atoms with Gasteiger partial charge in [0.05, 0.1) is 10.2 Å². The van der Waals surface area contributed by atoms with Crippen LogP contribution in [-0.2, 0) is 4.84 Å². The third-order valence-electron chi connectivity index (χ3n) is 3.58. The third kappa shape index (κ3) is 4.03. The Morgan fingerprint density at radius 2 is 2.11 bits per heavy atom. The molecule has 0 saturated heterocycles. The van der Waals surface area contributed by atoms with Gasteiger partial charge in [-0.2, -0.15) is 0 Å². The number of benzene rings is 1. The number of rotatable bonds is 4. The molecule has 2 nitrogen and oxygen atoms in total. The molecule has 0 radical (unpaired) electrons. The summed E-state index contributed by atoms with van der Waals surface area (Å²) in [5, 5.41) is 4.05. The number of halogens is 2. The van der Waals surface area contributed by atoms with Crippen LogP contribution < -0.4 is 0 Å². The lowest BCUT2D eigenvalue weighted by Gasteiger charge is -2.19. The number of nitrogens with zero attached hydrogens (tertiary/aromatic N) is 1. The minimum absolute atomic E-state index is 0.287. The van der Waals surface area contributed by atoms with Gasteiger partial charge in [-0.1, -0.05) is 36.6 Å². The summed E-state index contributed by atoms with van der Waals surface area (Å²) < 4.78 is 14.3. The molecule has 19 heavy (non-hydrogen) atoms. The lowest BCUT2D eigenvalue weighted by atomic mass is 9.90. The van der Waals surface area contributed by atoms with Gasteiger partial charge >= 0.3 is 0 Å². The minimum atomic E-state index is -0.287. The Kier molecular flexibility index (Phi) is 5.37. The van der Waals surface area contributed by atoms with Crippen LogP contribution in [0.4, 0.5) is 4.39 Å². The summed E-state index contributed by atoms with van der Waals surface area (Å²) in [6, 6.07) is 5.18. The van der Waals surface area contributed by atoms with Crippen LogP contribution in [0.15, 0.2) is 27.8 Å². The van der Waals surface area contributed by atoms with Gasteiger partial charge in [0.2, 0.25) is 0 Å². The molecule has 0 amide bonds. The van der Waals surface area contributed by atoms with E-state index < -0.39 is 0 Å². The largest absolute Gasteiger partial charge is 0.395 e. The van der Waals surface area contributed by atoms with Crippen LogP contribution in [0.5, 0.6) is 0 Å². The summed E-state index contributed by atoms with van der Waals surface area (Å²) in [4.78, 5) is 5.39. The fourth-order valence-corrected chi connectivity index (χ4v) is 2.79. The molecule has 104 valence electrons. The van der Waals surface area contributed by atoms with Gasteiger partial charge in [0.15, 0.2) is 0 Å². The first-order valence-electron chi connectivity index (χ1n) is 6.79. The van der Waals surface area contributed by atoms with Crippen molar-refractivity contribution in [3.8, 4) is 0 Å². The molecule has 1 saturated carbocycles. The Morgan fingerprint density at radius 3 is 2.84 bits per heavy atom. The average Bonchev–Trinajstić information content (AvgIpc) is 2.43. The van der Waals surface area contributed by atoms with Crippen molar-refractivity contribution in [2.45, 2.75) is 39.0 Å². The van der Waals surface area contributed by atoms with Gasteiger partial charge in [-0.15, -0.1) is 0 Å². The normalized spacial score (nSPS) is 17.5. The van der Waals surface area contributed by atoms with Crippen molar-refractivity contribution in [1.29, 1.82) is 0 Å². The number of hydrogen-bond donors (Lipinski definition) is 0. The molecule has 0 bridgehead atoms.